The van der Waals surface area contributed by atoms with Gasteiger partial charge in [-0.05, 0) is 62.5 Å². The van der Waals surface area contributed by atoms with Gasteiger partial charge in [-0.3, -0.25) is 0 Å². The van der Waals surface area contributed by atoms with Crippen LogP contribution in [-0.4, -0.2) is 13.7 Å². The zero-order chi connectivity index (χ0) is 9.84. The highest BCUT2D eigenvalue weighted by atomic mass is 79.9. The molecule has 0 saturated carbocycles. The van der Waals surface area contributed by atoms with Crippen molar-refractivity contribution in [2.75, 3.05) is 13.7 Å². The first-order valence-electron chi connectivity index (χ1n) is 3.91. The van der Waals surface area contributed by atoms with Gasteiger partial charge in [0.1, 0.15) is 5.75 Å². The van der Waals surface area contributed by atoms with Gasteiger partial charge in [-0.25, -0.2) is 0 Å². The van der Waals surface area contributed by atoms with Crippen molar-refractivity contribution in [3.05, 3.63) is 26.6 Å². The summed E-state index contributed by atoms with van der Waals surface area (Å²) >= 11 is 6.86. The Morgan fingerprint density at radius 1 is 1.31 bits per heavy atom. The highest BCUT2D eigenvalue weighted by molar-refractivity contribution is 9.11. The monoisotopic (exact) mass is 307 g/mol. The Bertz CT molecular complexity index is 279. The van der Waals surface area contributed by atoms with Crippen molar-refractivity contribution in [3.63, 3.8) is 0 Å². The maximum absolute atomic E-state index is 5.47. The Morgan fingerprint density at radius 3 is 2.23 bits per heavy atom. The van der Waals surface area contributed by atoms with Gasteiger partial charge in [0.05, 0.1) is 16.1 Å². The molecule has 1 aromatic carbocycles. The average molecular weight is 309 g/mol. The van der Waals surface area contributed by atoms with E-state index in [4.69, 9.17) is 10.5 Å². The molecule has 1 aromatic rings. The number of nitrogens with two attached hydrogens (primary N) is 1. The van der Waals surface area contributed by atoms with Gasteiger partial charge < -0.3 is 10.5 Å². The molecule has 0 bridgehead atoms. The lowest BCUT2D eigenvalue weighted by Crippen LogP contribution is -2.02. The summed E-state index contributed by atoms with van der Waals surface area (Å²) in [7, 11) is 1.65. The van der Waals surface area contributed by atoms with Crippen molar-refractivity contribution in [1.82, 2.24) is 0 Å². The summed E-state index contributed by atoms with van der Waals surface area (Å²) < 4.78 is 7.09. The van der Waals surface area contributed by atoms with Crippen molar-refractivity contribution in [1.29, 1.82) is 0 Å². The molecule has 1 rings (SSSR count). The summed E-state index contributed by atoms with van der Waals surface area (Å²) in [6.45, 7) is 0.658. The Morgan fingerprint density at radius 2 is 1.85 bits per heavy atom. The Kier molecular flexibility index (Phi) is 4.22. The summed E-state index contributed by atoms with van der Waals surface area (Å²) in [6.07, 6.45) is 0.876. The third-order valence-corrected chi connectivity index (χ3v) is 2.87. The van der Waals surface area contributed by atoms with E-state index in [-0.39, 0.29) is 0 Å². The van der Waals surface area contributed by atoms with Gasteiger partial charge in [-0.1, -0.05) is 0 Å². The molecule has 0 amide bonds. The predicted octanol–water partition coefficient (Wildman–Crippen LogP) is 2.72. The van der Waals surface area contributed by atoms with Crippen LogP contribution in [0.3, 0.4) is 0 Å². The van der Waals surface area contributed by atoms with Gasteiger partial charge in [0.25, 0.3) is 0 Å². The number of benzene rings is 1. The van der Waals surface area contributed by atoms with E-state index in [9.17, 15) is 0 Å². The maximum Gasteiger partial charge on any atom is 0.147 e. The first kappa shape index (κ1) is 11.0. The summed E-state index contributed by atoms with van der Waals surface area (Å²) in [6, 6.07) is 4.05. The lowest BCUT2D eigenvalue weighted by atomic mass is 10.1. The van der Waals surface area contributed by atoms with E-state index in [2.05, 4.69) is 31.9 Å². The minimum atomic E-state index is 0.658. The smallest absolute Gasteiger partial charge is 0.147 e. The van der Waals surface area contributed by atoms with Gasteiger partial charge in [0.2, 0.25) is 0 Å². The molecule has 0 fully saturated rings. The molecule has 4 heteroatoms. The number of rotatable bonds is 3. The topological polar surface area (TPSA) is 35.2 Å². The van der Waals surface area contributed by atoms with E-state index in [1.165, 1.54) is 5.56 Å². The summed E-state index contributed by atoms with van der Waals surface area (Å²) in [5, 5.41) is 0. The van der Waals surface area contributed by atoms with Crippen LogP contribution in [0.2, 0.25) is 0 Å². The lowest BCUT2D eigenvalue weighted by Gasteiger charge is -2.08. The summed E-state index contributed by atoms with van der Waals surface area (Å²) in [5.74, 6) is 0.820. The molecule has 0 aliphatic carbocycles. The van der Waals surface area contributed by atoms with Crippen LogP contribution in [0.15, 0.2) is 21.1 Å². The minimum Gasteiger partial charge on any atom is -0.494 e. The first-order chi connectivity index (χ1) is 6.19. The third-order valence-electron chi connectivity index (χ3n) is 1.70. The van der Waals surface area contributed by atoms with Crippen molar-refractivity contribution in [2.24, 2.45) is 5.73 Å². The SMILES string of the molecule is COc1c(Br)cc(CCN)cc1Br. The molecule has 2 nitrogen and oxygen atoms in total. The number of methoxy groups -OCH3 is 1. The molecule has 0 aromatic heterocycles. The summed E-state index contributed by atoms with van der Waals surface area (Å²) in [5.41, 5.74) is 6.67. The van der Waals surface area contributed by atoms with Crippen LogP contribution in [0.4, 0.5) is 0 Å². The second-order valence-electron chi connectivity index (χ2n) is 2.63. The average Bonchev–Trinajstić information content (AvgIpc) is 2.04. The van der Waals surface area contributed by atoms with E-state index in [0.717, 1.165) is 21.1 Å². The van der Waals surface area contributed by atoms with Crippen molar-refractivity contribution in [3.8, 4) is 5.75 Å². The normalized spacial score (nSPS) is 10.2. The fraction of sp³-hybridized carbons (Fsp3) is 0.333. The zero-order valence-corrected chi connectivity index (χ0v) is 10.5. The predicted molar refractivity (Wildman–Crippen MR) is 61.2 cm³/mol. The number of hydrogen-bond donors (Lipinski definition) is 1. The largest absolute Gasteiger partial charge is 0.494 e. The van der Waals surface area contributed by atoms with Crippen molar-refractivity contribution >= 4 is 31.9 Å². The van der Waals surface area contributed by atoms with Gasteiger partial charge in [-0.15, -0.1) is 0 Å². The molecule has 0 radical (unpaired) electrons. The standard InChI is InChI=1S/C9H11Br2NO/c1-13-9-7(10)4-6(2-3-12)5-8(9)11/h4-5H,2-3,12H2,1H3. The fourth-order valence-electron chi connectivity index (χ4n) is 1.12. The Balaban J connectivity index is 3.05. The lowest BCUT2D eigenvalue weighted by molar-refractivity contribution is 0.409. The molecule has 0 aliphatic rings. The molecular weight excluding hydrogens is 298 g/mol. The zero-order valence-electron chi connectivity index (χ0n) is 7.31. The Hall–Kier alpha value is -0.0600. The number of halogens is 2. The van der Waals surface area contributed by atoms with Crippen LogP contribution in [0, 0.1) is 0 Å². The van der Waals surface area contributed by atoms with E-state index in [1.54, 1.807) is 7.11 Å². The molecule has 0 heterocycles. The second-order valence-corrected chi connectivity index (χ2v) is 4.34. The van der Waals surface area contributed by atoms with E-state index in [1.807, 2.05) is 12.1 Å². The quantitative estimate of drug-likeness (QED) is 0.932. The molecule has 0 atom stereocenters. The first-order valence-corrected chi connectivity index (χ1v) is 5.49. The molecule has 0 aliphatic heterocycles. The van der Waals surface area contributed by atoms with Crippen LogP contribution in [0.25, 0.3) is 0 Å². The van der Waals surface area contributed by atoms with Crippen LogP contribution in [0.1, 0.15) is 5.56 Å². The van der Waals surface area contributed by atoms with Crippen LogP contribution >= 0.6 is 31.9 Å². The Labute approximate surface area is 94.7 Å². The maximum atomic E-state index is 5.47. The van der Waals surface area contributed by atoms with Gasteiger partial charge >= 0.3 is 0 Å². The minimum absolute atomic E-state index is 0.658. The van der Waals surface area contributed by atoms with E-state index >= 15 is 0 Å². The molecule has 13 heavy (non-hydrogen) atoms. The number of ether oxygens (including phenoxy) is 1. The van der Waals surface area contributed by atoms with Gasteiger partial charge in [0.15, 0.2) is 0 Å². The summed E-state index contributed by atoms with van der Waals surface area (Å²) in [4.78, 5) is 0. The molecule has 0 spiro atoms. The highest BCUT2D eigenvalue weighted by Crippen LogP contribution is 2.34. The van der Waals surface area contributed by atoms with E-state index in [0.29, 0.717) is 6.54 Å². The van der Waals surface area contributed by atoms with Crippen LogP contribution in [-0.2, 0) is 6.42 Å². The molecule has 2 N–H and O–H groups in total. The van der Waals surface area contributed by atoms with Gasteiger partial charge in [0, 0.05) is 0 Å². The molecule has 0 saturated heterocycles. The van der Waals surface area contributed by atoms with Crippen molar-refractivity contribution < 1.29 is 4.74 Å². The van der Waals surface area contributed by atoms with Crippen LogP contribution < -0.4 is 10.5 Å². The fourth-order valence-corrected chi connectivity index (χ4v) is 2.72. The van der Waals surface area contributed by atoms with Crippen LogP contribution in [0.5, 0.6) is 5.75 Å². The van der Waals surface area contributed by atoms with Crippen molar-refractivity contribution in [2.45, 2.75) is 6.42 Å². The van der Waals surface area contributed by atoms with E-state index < -0.39 is 0 Å². The highest BCUT2D eigenvalue weighted by Gasteiger charge is 2.06. The second kappa shape index (κ2) is 4.98. The molecule has 72 valence electrons. The molecule has 0 unspecified atom stereocenters. The number of hydrogen-bond acceptors (Lipinski definition) is 2. The molecular formula is C9H11Br2NO. The van der Waals surface area contributed by atoms with Gasteiger partial charge in [-0.2, -0.15) is 0 Å². The third kappa shape index (κ3) is 2.69.